The molecule has 1 atom stereocenters. The van der Waals surface area contributed by atoms with Gasteiger partial charge >= 0.3 is 12.0 Å². The molecule has 174 valence electrons. The van der Waals surface area contributed by atoms with Gasteiger partial charge in [0.2, 0.25) is 5.16 Å². The van der Waals surface area contributed by atoms with Gasteiger partial charge in [-0.25, -0.2) is 9.59 Å². The summed E-state index contributed by atoms with van der Waals surface area (Å²) in [6.07, 6.45) is 1.74. The van der Waals surface area contributed by atoms with Gasteiger partial charge in [0.15, 0.2) is 0 Å². The van der Waals surface area contributed by atoms with Crippen molar-refractivity contribution >= 4 is 23.8 Å². The highest BCUT2D eigenvalue weighted by atomic mass is 32.2. The summed E-state index contributed by atoms with van der Waals surface area (Å²) in [6, 6.07) is 15.0. The predicted octanol–water partition coefficient (Wildman–Crippen LogP) is 2.82. The molecule has 2 heterocycles. The molecule has 0 radical (unpaired) electrons. The van der Waals surface area contributed by atoms with Crippen molar-refractivity contribution in [3.8, 4) is 11.4 Å². The van der Waals surface area contributed by atoms with Gasteiger partial charge in [-0.3, -0.25) is 4.90 Å². The van der Waals surface area contributed by atoms with E-state index in [9.17, 15) is 14.7 Å². The minimum absolute atomic E-state index is 0.0417. The lowest BCUT2D eigenvalue weighted by Gasteiger charge is -2.36. The predicted molar refractivity (Wildman–Crippen MR) is 123 cm³/mol. The van der Waals surface area contributed by atoms with Gasteiger partial charge in [-0.05, 0) is 53.1 Å². The number of rotatable bonds is 7. The Bertz CT molecular complexity index is 1240. The van der Waals surface area contributed by atoms with E-state index in [1.165, 1.54) is 18.9 Å². The molecule has 1 saturated carbocycles. The fourth-order valence-corrected chi connectivity index (χ4v) is 4.87. The van der Waals surface area contributed by atoms with Crippen LogP contribution in [0, 0.1) is 0 Å². The van der Waals surface area contributed by atoms with Crippen LogP contribution in [0.3, 0.4) is 0 Å². The van der Waals surface area contributed by atoms with Crippen LogP contribution >= 0.6 is 11.8 Å². The van der Waals surface area contributed by atoms with E-state index in [0.29, 0.717) is 22.1 Å². The van der Waals surface area contributed by atoms with Crippen LogP contribution < -0.4 is 5.32 Å². The molecule has 2 N–H and O–H groups in total. The Morgan fingerprint density at radius 2 is 1.91 bits per heavy atom. The Morgan fingerprint density at radius 3 is 2.59 bits per heavy atom. The number of nitrogens with one attached hydrogen (secondary N) is 1. The summed E-state index contributed by atoms with van der Waals surface area (Å²) < 4.78 is 6.69. The van der Waals surface area contributed by atoms with Crippen LogP contribution in [-0.2, 0) is 9.53 Å². The molecular formula is C23H22N6O4S. The number of urea groups is 1. The number of amides is 2. The zero-order valence-electron chi connectivity index (χ0n) is 18.3. The lowest BCUT2D eigenvalue weighted by atomic mass is 9.95. The molecule has 2 aromatic carbocycles. The summed E-state index contributed by atoms with van der Waals surface area (Å²) >= 11 is 1.32. The van der Waals surface area contributed by atoms with Gasteiger partial charge in [-0.1, -0.05) is 42.1 Å². The number of aromatic nitrogens is 4. The Morgan fingerprint density at radius 1 is 1.18 bits per heavy atom. The molecule has 34 heavy (non-hydrogen) atoms. The molecule has 11 heteroatoms. The largest absolute Gasteiger partial charge is 0.508 e. The van der Waals surface area contributed by atoms with E-state index >= 15 is 0 Å². The van der Waals surface area contributed by atoms with E-state index in [0.717, 1.165) is 18.4 Å². The molecule has 1 unspecified atom stereocenters. The molecule has 1 aliphatic carbocycles. The molecule has 0 saturated heterocycles. The zero-order valence-corrected chi connectivity index (χ0v) is 19.1. The normalized spacial score (nSPS) is 18.1. The van der Waals surface area contributed by atoms with E-state index in [4.69, 9.17) is 4.74 Å². The van der Waals surface area contributed by atoms with Crippen LogP contribution in [0.2, 0.25) is 0 Å². The molecule has 0 bridgehead atoms. The number of ether oxygens (including phenoxy) is 1. The molecule has 10 nitrogen and oxygen atoms in total. The van der Waals surface area contributed by atoms with Gasteiger partial charge in [0.05, 0.1) is 24.4 Å². The van der Waals surface area contributed by atoms with E-state index in [1.54, 1.807) is 33.8 Å². The first-order valence-electron chi connectivity index (χ1n) is 10.7. The first-order valence-corrected chi connectivity index (χ1v) is 11.7. The molecule has 5 rings (SSSR count). The highest BCUT2D eigenvalue weighted by Gasteiger charge is 2.44. The zero-order chi connectivity index (χ0) is 23.7. The number of carbonyl (C=O) groups excluding carboxylic acids is 2. The number of nitrogens with zero attached hydrogens (tertiary/aromatic N) is 5. The maximum atomic E-state index is 13.2. The minimum Gasteiger partial charge on any atom is -0.508 e. The van der Waals surface area contributed by atoms with Gasteiger partial charge in [-0.2, -0.15) is 4.68 Å². The second kappa shape index (κ2) is 9.18. The minimum atomic E-state index is -0.625. The van der Waals surface area contributed by atoms with E-state index in [-0.39, 0.29) is 23.6 Å². The Balaban J connectivity index is 1.53. The van der Waals surface area contributed by atoms with Crippen molar-refractivity contribution in [2.45, 2.75) is 30.1 Å². The number of hydrogen-bond acceptors (Lipinski definition) is 8. The average Bonchev–Trinajstić information content (AvgIpc) is 3.59. The van der Waals surface area contributed by atoms with Crippen LogP contribution in [0.1, 0.15) is 24.4 Å². The Labute approximate surface area is 199 Å². The first kappa shape index (κ1) is 22.0. The lowest BCUT2D eigenvalue weighted by molar-refractivity contribution is -0.136. The maximum absolute atomic E-state index is 13.2. The fraction of sp³-hybridized carbons (Fsp3) is 0.261. The number of esters is 1. The van der Waals surface area contributed by atoms with Crippen LogP contribution in [0.5, 0.6) is 5.75 Å². The topological polar surface area (TPSA) is 122 Å². The molecule has 1 aromatic heterocycles. The molecule has 3 aromatic rings. The third-order valence-electron chi connectivity index (χ3n) is 5.70. The van der Waals surface area contributed by atoms with Crippen LogP contribution in [0.25, 0.3) is 5.69 Å². The SMILES string of the molecule is COC(=O)C1=C(CSc2nnnn2-c2ccc(O)cc2)N(C2CC2)C(=O)NC1c1ccccc1. The first-order chi connectivity index (χ1) is 16.6. The quantitative estimate of drug-likeness (QED) is 0.393. The fourth-order valence-electron chi connectivity index (χ4n) is 3.95. The number of hydrogen-bond donors (Lipinski definition) is 2. The summed E-state index contributed by atoms with van der Waals surface area (Å²) in [4.78, 5) is 27.8. The van der Waals surface area contributed by atoms with E-state index in [2.05, 4.69) is 20.8 Å². The number of methoxy groups -OCH3 is 1. The van der Waals surface area contributed by atoms with Crippen molar-refractivity contribution < 1.29 is 19.4 Å². The van der Waals surface area contributed by atoms with Crippen molar-refractivity contribution in [2.75, 3.05) is 12.9 Å². The number of benzene rings is 2. The van der Waals surface area contributed by atoms with Crippen molar-refractivity contribution in [2.24, 2.45) is 0 Å². The summed E-state index contributed by atoms with van der Waals surface area (Å²) in [5.74, 6) is -0.0664. The third-order valence-corrected chi connectivity index (χ3v) is 6.63. The summed E-state index contributed by atoms with van der Waals surface area (Å²) in [6.45, 7) is 0. The second-order valence-electron chi connectivity index (χ2n) is 7.92. The number of aromatic hydroxyl groups is 1. The summed E-state index contributed by atoms with van der Waals surface area (Å²) in [7, 11) is 1.34. The van der Waals surface area contributed by atoms with Crippen molar-refractivity contribution in [3.05, 3.63) is 71.4 Å². The average molecular weight is 479 g/mol. The van der Waals surface area contributed by atoms with Gasteiger partial charge in [0, 0.05) is 17.5 Å². The summed E-state index contributed by atoms with van der Waals surface area (Å²) in [5.41, 5.74) is 2.46. The lowest BCUT2D eigenvalue weighted by Crippen LogP contribution is -2.50. The molecule has 0 spiro atoms. The number of thioether (sulfide) groups is 1. The van der Waals surface area contributed by atoms with Gasteiger partial charge in [0.1, 0.15) is 5.75 Å². The third kappa shape index (κ3) is 4.21. The molecule has 1 fully saturated rings. The van der Waals surface area contributed by atoms with Crippen molar-refractivity contribution in [1.29, 1.82) is 0 Å². The number of phenols is 1. The highest BCUT2D eigenvalue weighted by Crippen LogP contribution is 2.40. The second-order valence-corrected chi connectivity index (χ2v) is 8.87. The smallest absolute Gasteiger partial charge is 0.338 e. The monoisotopic (exact) mass is 478 g/mol. The number of tetrazole rings is 1. The van der Waals surface area contributed by atoms with Crippen molar-refractivity contribution in [1.82, 2.24) is 30.4 Å². The van der Waals surface area contributed by atoms with E-state index < -0.39 is 12.0 Å². The van der Waals surface area contributed by atoms with Crippen LogP contribution in [0.15, 0.2) is 71.0 Å². The Hall–Kier alpha value is -3.86. The van der Waals surface area contributed by atoms with Gasteiger partial charge in [-0.15, -0.1) is 5.10 Å². The van der Waals surface area contributed by atoms with E-state index in [1.807, 2.05) is 30.3 Å². The Kier molecular flexibility index (Phi) is 5.93. The van der Waals surface area contributed by atoms with Crippen LogP contribution in [-0.4, -0.2) is 61.1 Å². The standard InChI is InChI=1S/C23H22N6O4S/c1-33-21(31)19-18(13-34-23-25-26-27-29(23)16-9-11-17(30)12-10-16)28(15-7-8-15)22(32)24-20(19)14-5-3-2-4-6-14/h2-6,9-12,15,20,30H,7-8,13H2,1H3,(H,24,32). The summed E-state index contributed by atoms with van der Waals surface area (Å²) in [5, 5.41) is 25.0. The van der Waals surface area contributed by atoms with Gasteiger partial charge in [0.25, 0.3) is 0 Å². The number of carbonyl (C=O) groups is 2. The highest BCUT2D eigenvalue weighted by molar-refractivity contribution is 7.99. The molecule has 2 aliphatic rings. The molecular weight excluding hydrogens is 456 g/mol. The molecule has 2 amide bonds. The van der Waals surface area contributed by atoms with Crippen LogP contribution in [0.4, 0.5) is 4.79 Å². The maximum Gasteiger partial charge on any atom is 0.338 e. The van der Waals surface area contributed by atoms with Gasteiger partial charge < -0.3 is 15.2 Å². The molecule has 1 aliphatic heterocycles. The van der Waals surface area contributed by atoms with Crippen molar-refractivity contribution in [3.63, 3.8) is 0 Å². The number of phenolic OH excluding ortho intramolecular Hbond substituents is 1.